The standard InChI is InChI=1S/C19H24FN5/c1-12-4-3-5-13(8-12)23-19-21-11-17(20)18(24-19)22-14-9-15-6-7-16(10-14)25(15)2/h3-5,8,11,14-16H,6-7,9-10H2,1-2H3,(H2,21,22,23,24). The molecule has 2 bridgehead atoms. The molecule has 2 N–H and O–H groups in total. The zero-order chi connectivity index (χ0) is 17.4. The van der Waals surface area contributed by atoms with E-state index in [1.54, 1.807) is 0 Å². The van der Waals surface area contributed by atoms with Gasteiger partial charge in [-0.25, -0.2) is 9.37 Å². The topological polar surface area (TPSA) is 53.1 Å². The van der Waals surface area contributed by atoms with Gasteiger partial charge < -0.3 is 15.5 Å². The summed E-state index contributed by atoms with van der Waals surface area (Å²) in [5.74, 6) is 0.297. The van der Waals surface area contributed by atoms with E-state index in [0.29, 0.717) is 23.8 Å². The molecule has 25 heavy (non-hydrogen) atoms. The number of anilines is 3. The van der Waals surface area contributed by atoms with Crippen LogP contribution >= 0.6 is 0 Å². The van der Waals surface area contributed by atoms with Crippen LogP contribution in [0, 0.1) is 12.7 Å². The summed E-state index contributed by atoms with van der Waals surface area (Å²) in [7, 11) is 2.20. The lowest BCUT2D eigenvalue weighted by Gasteiger charge is -2.36. The number of nitrogens with zero attached hydrogens (tertiary/aromatic N) is 3. The summed E-state index contributed by atoms with van der Waals surface area (Å²) in [4.78, 5) is 10.9. The molecule has 132 valence electrons. The Morgan fingerprint density at radius 2 is 1.96 bits per heavy atom. The summed E-state index contributed by atoms with van der Waals surface area (Å²) in [5, 5.41) is 6.46. The van der Waals surface area contributed by atoms with Crippen molar-refractivity contribution in [3.8, 4) is 0 Å². The Morgan fingerprint density at radius 3 is 2.68 bits per heavy atom. The van der Waals surface area contributed by atoms with Crippen LogP contribution < -0.4 is 10.6 Å². The molecule has 2 saturated heterocycles. The second kappa shape index (κ2) is 6.59. The third kappa shape index (κ3) is 3.44. The first-order valence-corrected chi connectivity index (χ1v) is 8.93. The number of hydrogen-bond acceptors (Lipinski definition) is 5. The summed E-state index contributed by atoms with van der Waals surface area (Å²) in [6, 6.07) is 9.42. The van der Waals surface area contributed by atoms with E-state index in [1.807, 2.05) is 31.2 Å². The van der Waals surface area contributed by atoms with Gasteiger partial charge in [0.2, 0.25) is 5.95 Å². The quantitative estimate of drug-likeness (QED) is 0.888. The second-order valence-corrected chi connectivity index (χ2v) is 7.25. The average molecular weight is 341 g/mol. The number of piperidine rings is 1. The van der Waals surface area contributed by atoms with Crippen molar-refractivity contribution < 1.29 is 4.39 Å². The molecule has 2 aliphatic rings. The number of aryl methyl sites for hydroxylation is 1. The Labute approximate surface area is 147 Å². The SMILES string of the molecule is Cc1cccc(Nc2ncc(F)c(NC3CC4CCC(C3)N4C)n2)c1. The van der Waals surface area contributed by atoms with Gasteiger partial charge >= 0.3 is 0 Å². The molecular weight excluding hydrogens is 317 g/mol. The molecular formula is C19H24FN5. The van der Waals surface area contributed by atoms with Crippen molar-refractivity contribution in [2.45, 2.75) is 50.7 Å². The minimum atomic E-state index is -0.402. The molecule has 2 fully saturated rings. The summed E-state index contributed by atoms with van der Waals surface area (Å²) < 4.78 is 14.2. The first-order valence-electron chi connectivity index (χ1n) is 8.93. The molecule has 0 amide bonds. The Morgan fingerprint density at radius 1 is 1.20 bits per heavy atom. The van der Waals surface area contributed by atoms with Crippen molar-refractivity contribution in [1.82, 2.24) is 14.9 Å². The summed E-state index contributed by atoms with van der Waals surface area (Å²) in [5.41, 5.74) is 2.04. The Balaban J connectivity index is 1.48. The van der Waals surface area contributed by atoms with Crippen molar-refractivity contribution in [3.05, 3.63) is 41.8 Å². The van der Waals surface area contributed by atoms with Gasteiger partial charge in [-0.15, -0.1) is 0 Å². The molecule has 2 unspecified atom stereocenters. The van der Waals surface area contributed by atoms with Gasteiger partial charge in [0.1, 0.15) is 0 Å². The molecule has 0 radical (unpaired) electrons. The molecule has 0 saturated carbocycles. The van der Waals surface area contributed by atoms with Gasteiger partial charge in [0.15, 0.2) is 11.6 Å². The molecule has 2 aliphatic heterocycles. The predicted octanol–water partition coefficient (Wildman–Crippen LogP) is 3.70. The molecule has 1 aromatic heterocycles. The highest BCUT2D eigenvalue weighted by molar-refractivity contribution is 5.55. The maximum atomic E-state index is 14.2. The van der Waals surface area contributed by atoms with Gasteiger partial charge in [0.25, 0.3) is 0 Å². The Bertz CT molecular complexity index is 751. The van der Waals surface area contributed by atoms with Crippen LogP contribution in [0.25, 0.3) is 0 Å². The molecule has 5 nitrogen and oxygen atoms in total. The number of aromatic nitrogens is 2. The predicted molar refractivity (Wildman–Crippen MR) is 97.7 cm³/mol. The average Bonchev–Trinajstić information content (AvgIpc) is 2.80. The fourth-order valence-corrected chi connectivity index (χ4v) is 4.10. The highest BCUT2D eigenvalue weighted by atomic mass is 19.1. The van der Waals surface area contributed by atoms with Crippen LogP contribution in [0.4, 0.5) is 21.8 Å². The van der Waals surface area contributed by atoms with E-state index in [9.17, 15) is 4.39 Å². The number of benzene rings is 1. The lowest BCUT2D eigenvalue weighted by Crippen LogP contribution is -2.44. The van der Waals surface area contributed by atoms with Gasteiger partial charge in [-0.05, 0) is 57.4 Å². The van der Waals surface area contributed by atoms with Crippen LogP contribution in [0.2, 0.25) is 0 Å². The smallest absolute Gasteiger partial charge is 0.229 e. The van der Waals surface area contributed by atoms with E-state index in [0.717, 1.165) is 24.1 Å². The Kier molecular flexibility index (Phi) is 4.29. The van der Waals surface area contributed by atoms with Gasteiger partial charge in [0.05, 0.1) is 6.20 Å². The minimum absolute atomic E-state index is 0.268. The first kappa shape index (κ1) is 16.3. The lowest BCUT2D eigenvalue weighted by atomic mass is 9.98. The maximum Gasteiger partial charge on any atom is 0.229 e. The van der Waals surface area contributed by atoms with Crippen molar-refractivity contribution in [2.75, 3.05) is 17.7 Å². The molecule has 3 heterocycles. The number of halogens is 1. The van der Waals surface area contributed by atoms with Crippen molar-refractivity contribution >= 4 is 17.5 Å². The fourth-order valence-electron chi connectivity index (χ4n) is 4.10. The van der Waals surface area contributed by atoms with Crippen molar-refractivity contribution in [2.24, 2.45) is 0 Å². The minimum Gasteiger partial charge on any atom is -0.365 e. The summed E-state index contributed by atoms with van der Waals surface area (Å²) >= 11 is 0. The zero-order valence-corrected chi connectivity index (χ0v) is 14.7. The number of hydrogen-bond donors (Lipinski definition) is 2. The largest absolute Gasteiger partial charge is 0.365 e. The fraction of sp³-hybridized carbons (Fsp3) is 0.474. The molecule has 6 heteroatoms. The van der Waals surface area contributed by atoms with Gasteiger partial charge in [-0.1, -0.05) is 12.1 Å². The van der Waals surface area contributed by atoms with Crippen LogP contribution in [0.15, 0.2) is 30.5 Å². The van der Waals surface area contributed by atoms with Gasteiger partial charge in [0, 0.05) is 23.8 Å². The molecule has 0 spiro atoms. The number of rotatable bonds is 4. The summed E-state index contributed by atoms with van der Waals surface area (Å²) in [6.07, 6.45) is 5.79. The number of fused-ring (bicyclic) bond motifs is 2. The maximum absolute atomic E-state index is 14.2. The third-order valence-corrected chi connectivity index (χ3v) is 5.46. The van der Waals surface area contributed by atoms with Crippen LogP contribution in [-0.2, 0) is 0 Å². The van der Waals surface area contributed by atoms with Gasteiger partial charge in [-0.3, -0.25) is 0 Å². The third-order valence-electron chi connectivity index (χ3n) is 5.46. The Hall–Kier alpha value is -2.21. The van der Waals surface area contributed by atoms with E-state index >= 15 is 0 Å². The van der Waals surface area contributed by atoms with Crippen LogP contribution in [0.1, 0.15) is 31.2 Å². The van der Waals surface area contributed by atoms with Crippen molar-refractivity contribution in [1.29, 1.82) is 0 Å². The highest BCUT2D eigenvalue weighted by Crippen LogP contribution is 2.35. The van der Waals surface area contributed by atoms with E-state index in [4.69, 9.17) is 0 Å². The molecule has 1 aromatic carbocycles. The first-order chi connectivity index (χ1) is 12.1. The monoisotopic (exact) mass is 341 g/mol. The van der Waals surface area contributed by atoms with Crippen LogP contribution in [-0.4, -0.2) is 40.0 Å². The van der Waals surface area contributed by atoms with Crippen LogP contribution in [0.5, 0.6) is 0 Å². The normalized spacial score (nSPS) is 25.8. The van der Waals surface area contributed by atoms with Gasteiger partial charge in [-0.2, -0.15) is 4.98 Å². The molecule has 2 aromatic rings. The highest BCUT2D eigenvalue weighted by Gasteiger charge is 2.38. The molecule has 4 rings (SSSR count). The summed E-state index contributed by atoms with van der Waals surface area (Å²) in [6.45, 7) is 2.03. The zero-order valence-electron chi connectivity index (χ0n) is 14.7. The van der Waals surface area contributed by atoms with Crippen LogP contribution in [0.3, 0.4) is 0 Å². The van der Waals surface area contributed by atoms with E-state index in [-0.39, 0.29) is 6.04 Å². The number of nitrogens with one attached hydrogen (secondary N) is 2. The molecule has 2 atom stereocenters. The van der Waals surface area contributed by atoms with E-state index in [2.05, 4.69) is 32.5 Å². The molecule has 0 aliphatic carbocycles. The lowest BCUT2D eigenvalue weighted by molar-refractivity contribution is 0.168. The van der Waals surface area contributed by atoms with E-state index in [1.165, 1.54) is 19.0 Å². The van der Waals surface area contributed by atoms with Crippen molar-refractivity contribution in [3.63, 3.8) is 0 Å². The van der Waals surface area contributed by atoms with E-state index < -0.39 is 5.82 Å². The second-order valence-electron chi connectivity index (χ2n) is 7.25.